The van der Waals surface area contributed by atoms with E-state index in [0.717, 1.165) is 0 Å². The molecule has 52 valence electrons. The van der Waals surface area contributed by atoms with Crippen LogP contribution < -0.4 is 7.53 Å². The molecule has 0 aromatic heterocycles. The first kappa shape index (κ1) is 7.68. The minimum absolute atomic E-state index is 0.174. The Kier molecular flexibility index (Phi) is 2.39. The summed E-state index contributed by atoms with van der Waals surface area (Å²) in [7, 11) is 0. The van der Waals surface area contributed by atoms with E-state index in [4.69, 9.17) is 9.06 Å². The third kappa shape index (κ3) is 1.78. The first-order valence-corrected chi connectivity index (χ1v) is 7.03. The van der Waals surface area contributed by atoms with Crippen LogP contribution >= 0.6 is 0 Å². The summed E-state index contributed by atoms with van der Waals surface area (Å²) in [5.74, 6) is 0.174. The van der Waals surface area contributed by atoms with Gasteiger partial charge in [-0.15, -0.1) is 0 Å². The summed E-state index contributed by atoms with van der Waals surface area (Å²) >= 11 is -2.91. The molecule has 0 atom stereocenters. The van der Waals surface area contributed by atoms with E-state index >= 15 is 0 Å². The van der Waals surface area contributed by atoms with E-state index in [2.05, 4.69) is 0 Å². The van der Waals surface area contributed by atoms with Gasteiger partial charge in [0.05, 0.1) is 0 Å². The Bertz CT molecular complexity index is 244. The van der Waals surface area contributed by atoms with Crippen molar-refractivity contribution < 1.29 is 8.18 Å². The number of hydrogen-bond acceptors (Lipinski definition) is 2. The van der Waals surface area contributed by atoms with E-state index in [-0.39, 0.29) is 5.75 Å². The molecule has 0 aliphatic rings. The van der Waals surface area contributed by atoms with Gasteiger partial charge in [-0.25, -0.2) is 0 Å². The first-order chi connectivity index (χ1) is 4.70. The second kappa shape index (κ2) is 3.11. The molecule has 0 spiro atoms. The van der Waals surface area contributed by atoms with Crippen molar-refractivity contribution in [3.05, 3.63) is 24.3 Å². The Labute approximate surface area is 66.0 Å². The third-order valence-electron chi connectivity index (χ3n) is 1.15. The molecule has 4 heteroatoms. The van der Waals surface area contributed by atoms with Gasteiger partial charge in [0.2, 0.25) is 0 Å². The molecule has 10 heavy (non-hydrogen) atoms. The molecular formula is C6H7NO2Sn. The summed E-state index contributed by atoms with van der Waals surface area (Å²) in [5.41, 5.74) is 0. The van der Waals surface area contributed by atoms with Gasteiger partial charge in [-0.3, -0.25) is 0 Å². The van der Waals surface area contributed by atoms with E-state index in [1.807, 2.05) is 0 Å². The minimum atomic E-state index is -2.91. The van der Waals surface area contributed by atoms with Gasteiger partial charge >= 0.3 is 65.8 Å². The number of phenolic OH excluding ortho intramolecular Hbond substituents is 1. The van der Waals surface area contributed by atoms with Crippen LogP contribution in [0.5, 0.6) is 5.75 Å². The molecule has 0 saturated heterocycles. The predicted octanol–water partition coefficient (Wildman–Crippen LogP) is -0.523. The fourth-order valence-electron chi connectivity index (χ4n) is 0.626. The van der Waals surface area contributed by atoms with Gasteiger partial charge < -0.3 is 0 Å². The quantitative estimate of drug-likeness (QED) is 0.653. The third-order valence-corrected chi connectivity index (χ3v) is 3.73. The molecule has 0 fully saturated rings. The molecule has 0 radical (unpaired) electrons. The van der Waals surface area contributed by atoms with Gasteiger partial charge in [0.15, 0.2) is 0 Å². The van der Waals surface area contributed by atoms with Crippen molar-refractivity contribution in [2.75, 3.05) is 0 Å². The molecular weight excluding hydrogens is 237 g/mol. The average molecular weight is 244 g/mol. The van der Waals surface area contributed by atoms with Gasteiger partial charge in [-0.1, -0.05) is 0 Å². The molecule has 1 aromatic rings. The van der Waals surface area contributed by atoms with E-state index in [9.17, 15) is 3.08 Å². The van der Waals surface area contributed by atoms with E-state index in [1.54, 1.807) is 12.1 Å². The van der Waals surface area contributed by atoms with E-state index < -0.39 is 20.0 Å². The summed E-state index contributed by atoms with van der Waals surface area (Å²) in [5, 5.41) is 8.82. The van der Waals surface area contributed by atoms with Crippen LogP contribution in [0, 0.1) is 0 Å². The molecule has 0 aliphatic heterocycles. The van der Waals surface area contributed by atoms with Gasteiger partial charge in [-0.05, 0) is 0 Å². The normalized spacial score (nSPS) is 9.30. The Balaban J connectivity index is 3.00. The average Bonchev–Trinajstić information content (AvgIpc) is 1.88. The monoisotopic (exact) mass is 245 g/mol. The molecule has 0 heterocycles. The van der Waals surface area contributed by atoms with Gasteiger partial charge in [0.25, 0.3) is 0 Å². The zero-order valence-electron chi connectivity index (χ0n) is 5.24. The SMILES string of the molecule is [NH2][Sn](=[O])[c]1ccc(O)cc1. The topological polar surface area (TPSA) is 63.3 Å². The summed E-state index contributed by atoms with van der Waals surface area (Å²) in [6, 6.07) is 6.16. The van der Waals surface area contributed by atoms with Crippen molar-refractivity contribution in [2.45, 2.75) is 0 Å². The van der Waals surface area contributed by atoms with Crippen LogP contribution in [0.3, 0.4) is 0 Å². The Morgan fingerprint density at radius 3 is 2.20 bits per heavy atom. The molecule has 0 bridgehead atoms. The molecule has 3 N–H and O–H groups in total. The van der Waals surface area contributed by atoms with Crippen LogP contribution in [0.25, 0.3) is 0 Å². The van der Waals surface area contributed by atoms with Crippen molar-refractivity contribution in [1.29, 1.82) is 0 Å². The number of aromatic hydroxyl groups is 1. The molecule has 0 unspecified atom stereocenters. The molecule has 3 nitrogen and oxygen atoms in total. The van der Waals surface area contributed by atoms with Gasteiger partial charge in [-0.2, -0.15) is 0 Å². The molecule has 0 saturated carbocycles. The Hall–Kier alpha value is -0.421. The summed E-state index contributed by atoms with van der Waals surface area (Å²) < 4.78 is 16.6. The summed E-state index contributed by atoms with van der Waals surface area (Å²) in [6.07, 6.45) is 0. The standard InChI is InChI=1S/C6H5O.H2N.O.Sn/c7-6-4-2-1-3-5-6;;;/h2-5,7H;1H2;;/q;-1;;+1. The summed E-state index contributed by atoms with van der Waals surface area (Å²) in [6.45, 7) is 0. The zero-order chi connectivity index (χ0) is 7.56. The van der Waals surface area contributed by atoms with Gasteiger partial charge in [0.1, 0.15) is 0 Å². The van der Waals surface area contributed by atoms with Crippen LogP contribution in [0.1, 0.15) is 0 Å². The first-order valence-electron chi connectivity index (χ1n) is 2.79. The van der Waals surface area contributed by atoms with E-state index in [0.29, 0.717) is 3.58 Å². The number of nitrogens with two attached hydrogens (primary N) is 1. The molecule has 0 aliphatic carbocycles. The number of rotatable bonds is 1. The maximum atomic E-state index is 10.7. The number of hydrogen-bond donors (Lipinski definition) is 2. The zero-order valence-corrected chi connectivity index (χ0v) is 8.10. The van der Waals surface area contributed by atoms with Crippen molar-refractivity contribution >= 4 is 23.6 Å². The van der Waals surface area contributed by atoms with Crippen LogP contribution in [-0.2, 0) is 3.08 Å². The number of phenols is 1. The predicted molar refractivity (Wildman–Crippen MR) is 38.4 cm³/mol. The number of benzene rings is 1. The Morgan fingerprint density at radius 1 is 1.30 bits per heavy atom. The van der Waals surface area contributed by atoms with Crippen LogP contribution in [0.4, 0.5) is 0 Å². The van der Waals surface area contributed by atoms with E-state index in [1.165, 1.54) is 12.1 Å². The Morgan fingerprint density at radius 2 is 1.80 bits per heavy atom. The van der Waals surface area contributed by atoms with Crippen LogP contribution in [0.15, 0.2) is 24.3 Å². The molecule has 0 amide bonds. The van der Waals surface area contributed by atoms with Crippen molar-refractivity contribution in [2.24, 2.45) is 3.96 Å². The summed E-state index contributed by atoms with van der Waals surface area (Å²) in [4.78, 5) is 0. The van der Waals surface area contributed by atoms with Gasteiger partial charge in [0, 0.05) is 0 Å². The second-order valence-corrected chi connectivity index (χ2v) is 5.64. The van der Waals surface area contributed by atoms with Crippen LogP contribution in [-0.4, -0.2) is 25.1 Å². The van der Waals surface area contributed by atoms with Crippen molar-refractivity contribution in [3.8, 4) is 5.75 Å². The van der Waals surface area contributed by atoms with Crippen LogP contribution in [0.2, 0.25) is 0 Å². The molecule has 1 aromatic carbocycles. The molecule has 1 rings (SSSR count). The fraction of sp³-hybridized carbons (Fsp3) is 0. The fourth-order valence-corrected chi connectivity index (χ4v) is 2.04. The van der Waals surface area contributed by atoms with Crippen molar-refractivity contribution in [1.82, 2.24) is 0 Å². The second-order valence-electron chi connectivity index (χ2n) is 1.91. The maximum absolute atomic E-state index is 10.7. The van der Waals surface area contributed by atoms with Crippen molar-refractivity contribution in [3.63, 3.8) is 0 Å².